The average Bonchev–Trinajstić information content (AvgIpc) is 3.11. The van der Waals surface area contributed by atoms with Crippen LogP contribution in [-0.2, 0) is 0 Å². The zero-order chi connectivity index (χ0) is 22.1. The zero-order valence-corrected chi connectivity index (χ0v) is 17.4. The van der Waals surface area contributed by atoms with E-state index >= 15 is 0 Å². The number of carbonyl (C=O) groups is 2. The maximum atomic E-state index is 13.2. The molecule has 0 atom stereocenters. The summed E-state index contributed by atoms with van der Waals surface area (Å²) in [5.41, 5.74) is 1.79. The van der Waals surface area contributed by atoms with Crippen molar-refractivity contribution < 1.29 is 14.0 Å². The van der Waals surface area contributed by atoms with Gasteiger partial charge in [0.05, 0.1) is 0 Å². The Morgan fingerprint density at radius 1 is 0.935 bits per heavy atom. The van der Waals surface area contributed by atoms with Crippen LogP contribution in [0.2, 0.25) is 0 Å². The topological polar surface area (TPSA) is 92.6 Å². The SMILES string of the molecule is Cc1ccc(NC(=O)c2c(C(=O)Nc3ccc(F)cc3)sc3nc(C)cc(=O)n23)cc1. The lowest BCUT2D eigenvalue weighted by molar-refractivity contribution is 0.0989. The maximum absolute atomic E-state index is 13.2. The van der Waals surface area contributed by atoms with Crippen molar-refractivity contribution in [2.75, 3.05) is 10.6 Å². The predicted molar refractivity (Wildman–Crippen MR) is 118 cm³/mol. The van der Waals surface area contributed by atoms with Crippen molar-refractivity contribution in [3.63, 3.8) is 0 Å². The predicted octanol–water partition coefficient (Wildman–Crippen LogP) is 4.02. The molecule has 4 aromatic rings. The molecule has 0 saturated carbocycles. The smallest absolute Gasteiger partial charge is 0.274 e. The van der Waals surface area contributed by atoms with E-state index < -0.39 is 23.2 Å². The summed E-state index contributed by atoms with van der Waals surface area (Å²) in [4.78, 5) is 43.2. The lowest BCUT2D eigenvalue weighted by Gasteiger charge is -2.08. The van der Waals surface area contributed by atoms with Gasteiger partial charge in [0.2, 0.25) is 0 Å². The molecule has 2 aromatic heterocycles. The molecule has 0 fully saturated rings. The van der Waals surface area contributed by atoms with E-state index in [-0.39, 0.29) is 15.5 Å². The molecule has 2 N–H and O–H groups in total. The number of hydrogen-bond acceptors (Lipinski definition) is 5. The third kappa shape index (κ3) is 4.22. The molecule has 7 nitrogen and oxygen atoms in total. The number of amides is 2. The number of halogens is 1. The number of anilines is 2. The molecule has 0 aliphatic carbocycles. The molecule has 0 aliphatic heterocycles. The van der Waals surface area contributed by atoms with Crippen molar-refractivity contribution in [2.24, 2.45) is 0 Å². The van der Waals surface area contributed by atoms with Gasteiger partial charge in [0, 0.05) is 23.1 Å². The summed E-state index contributed by atoms with van der Waals surface area (Å²) in [7, 11) is 0. The van der Waals surface area contributed by atoms with Gasteiger partial charge in [0.15, 0.2) is 4.96 Å². The van der Waals surface area contributed by atoms with Crippen molar-refractivity contribution in [2.45, 2.75) is 13.8 Å². The number of nitrogens with zero attached hydrogens (tertiary/aromatic N) is 2. The fourth-order valence-corrected chi connectivity index (χ4v) is 4.06. The minimum Gasteiger partial charge on any atom is -0.321 e. The van der Waals surface area contributed by atoms with Gasteiger partial charge in [-0.2, -0.15) is 0 Å². The first-order valence-corrected chi connectivity index (χ1v) is 10.1. The highest BCUT2D eigenvalue weighted by molar-refractivity contribution is 7.19. The number of rotatable bonds is 4. The summed E-state index contributed by atoms with van der Waals surface area (Å²) in [6, 6.07) is 13.6. The molecule has 31 heavy (non-hydrogen) atoms. The van der Waals surface area contributed by atoms with E-state index in [1.807, 2.05) is 19.1 Å². The minimum absolute atomic E-state index is 0.0177. The van der Waals surface area contributed by atoms with E-state index in [9.17, 15) is 18.8 Å². The van der Waals surface area contributed by atoms with E-state index in [0.717, 1.165) is 21.3 Å². The summed E-state index contributed by atoms with van der Waals surface area (Å²) in [6.45, 7) is 3.58. The number of carbonyl (C=O) groups excluding carboxylic acids is 2. The maximum Gasteiger partial charge on any atom is 0.274 e. The molecule has 9 heteroatoms. The van der Waals surface area contributed by atoms with Crippen LogP contribution in [0.1, 0.15) is 31.4 Å². The first-order valence-electron chi connectivity index (χ1n) is 9.30. The molecule has 2 heterocycles. The van der Waals surface area contributed by atoms with Crippen LogP contribution in [0.4, 0.5) is 15.8 Å². The molecule has 0 radical (unpaired) electrons. The highest BCUT2D eigenvalue weighted by Crippen LogP contribution is 2.24. The number of aryl methyl sites for hydroxylation is 2. The van der Waals surface area contributed by atoms with Crippen molar-refractivity contribution in [1.82, 2.24) is 9.38 Å². The largest absolute Gasteiger partial charge is 0.321 e. The van der Waals surface area contributed by atoms with Gasteiger partial charge < -0.3 is 10.6 Å². The van der Waals surface area contributed by atoms with Crippen molar-refractivity contribution in [3.8, 4) is 0 Å². The van der Waals surface area contributed by atoms with Gasteiger partial charge in [0.1, 0.15) is 16.4 Å². The van der Waals surface area contributed by atoms with Gasteiger partial charge in [-0.05, 0) is 50.2 Å². The number of hydrogen-bond donors (Lipinski definition) is 2. The lowest BCUT2D eigenvalue weighted by Crippen LogP contribution is -2.25. The Bertz CT molecular complexity index is 1360. The first kappa shape index (κ1) is 20.4. The minimum atomic E-state index is -0.618. The Morgan fingerprint density at radius 3 is 2.16 bits per heavy atom. The number of nitrogens with one attached hydrogen (secondary N) is 2. The van der Waals surface area contributed by atoms with E-state index in [1.54, 1.807) is 19.1 Å². The van der Waals surface area contributed by atoms with Crippen molar-refractivity contribution in [3.05, 3.63) is 92.6 Å². The summed E-state index contributed by atoms with van der Waals surface area (Å²) in [5, 5.41) is 5.35. The van der Waals surface area contributed by atoms with E-state index in [1.165, 1.54) is 30.3 Å². The van der Waals surface area contributed by atoms with Crippen LogP contribution in [0.5, 0.6) is 0 Å². The Morgan fingerprint density at radius 2 is 1.52 bits per heavy atom. The highest BCUT2D eigenvalue weighted by Gasteiger charge is 2.26. The Balaban J connectivity index is 1.78. The summed E-state index contributed by atoms with van der Waals surface area (Å²) < 4.78 is 14.3. The highest BCUT2D eigenvalue weighted by atomic mass is 32.1. The van der Waals surface area contributed by atoms with Crippen LogP contribution in [0, 0.1) is 19.7 Å². The van der Waals surface area contributed by atoms with Gasteiger partial charge in [0.25, 0.3) is 17.4 Å². The zero-order valence-electron chi connectivity index (χ0n) is 16.6. The molecule has 156 valence electrons. The third-order valence-corrected chi connectivity index (χ3v) is 5.52. The average molecular weight is 436 g/mol. The number of thiazole rings is 1. The Labute approximate surface area is 180 Å². The van der Waals surface area contributed by atoms with Crippen molar-refractivity contribution in [1.29, 1.82) is 0 Å². The first-order chi connectivity index (χ1) is 14.8. The molecular formula is C22H17FN4O3S. The fourth-order valence-electron chi connectivity index (χ4n) is 2.99. The molecule has 2 amide bonds. The van der Waals surface area contributed by atoms with E-state index in [4.69, 9.17) is 0 Å². The van der Waals surface area contributed by atoms with Crippen LogP contribution in [0.3, 0.4) is 0 Å². The van der Waals surface area contributed by atoms with Crippen molar-refractivity contribution >= 4 is 39.5 Å². The van der Waals surface area contributed by atoms with Crippen LogP contribution < -0.4 is 16.2 Å². The molecule has 0 aliphatic rings. The second-order valence-electron chi connectivity index (χ2n) is 6.91. The molecule has 0 unspecified atom stereocenters. The molecule has 0 bridgehead atoms. The second-order valence-corrected chi connectivity index (χ2v) is 7.89. The summed E-state index contributed by atoms with van der Waals surface area (Å²) in [6.07, 6.45) is 0. The number of fused-ring (bicyclic) bond motifs is 1. The fraction of sp³-hybridized carbons (Fsp3) is 0.0909. The molecule has 0 spiro atoms. The standard InChI is InChI=1S/C22H17FN4O3S/c1-12-3-7-15(8-4-12)25-20(29)18-19(21(30)26-16-9-5-14(23)6-10-16)31-22-24-13(2)11-17(28)27(18)22/h3-11H,1-2H3,(H,25,29)(H,26,30). The van der Waals surface area contributed by atoms with E-state index in [0.29, 0.717) is 17.1 Å². The third-order valence-electron chi connectivity index (χ3n) is 4.48. The van der Waals surface area contributed by atoms with Gasteiger partial charge in [-0.1, -0.05) is 29.0 Å². The van der Waals surface area contributed by atoms with Crippen LogP contribution >= 0.6 is 11.3 Å². The van der Waals surface area contributed by atoms with Crippen LogP contribution in [-0.4, -0.2) is 21.2 Å². The lowest BCUT2D eigenvalue weighted by atomic mass is 10.2. The molecule has 4 rings (SSSR count). The van der Waals surface area contributed by atoms with Gasteiger partial charge in [-0.25, -0.2) is 13.8 Å². The molecule has 0 saturated heterocycles. The number of aromatic nitrogens is 2. The molecular weight excluding hydrogens is 419 g/mol. The second kappa shape index (κ2) is 8.11. The van der Waals surface area contributed by atoms with Crippen LogP contribution in [0.15, 0.2) is 59.4 Å². The van der Waals surface area contributed by atoms with Gasteiger partial charge in [-0.15, -0.1) is 0 Å². The Kier molecular flexibility index (Phi) is 5.35. The van der Waals surface area contributed by atoms with Crippen LogP contribution in [0.25, 0.3) is 4.96 Å². The number of benzene rings is 2. The van der Waals surface area contributed by atoms with Gasteiger partial charge >= 0.3 is 0 Å². The Hall–Kier alpha value is -3.85. The normalized spacial score (nSPS) is 10.8. The monoisotopic (exact) mass is 436 g/mol. The van der Waals surface area contributed by atoms with E-state index in [2.05, 4.69) is 15.6 Å². The summed E-state index contributed by atoms with van der Waals surface area (Å²) in [5.74, 6) is -1.66. The summed E-state index contributed by atoms with van der Waals surface area (Å²) >= 11 is 0.929. The molecule has 2 aromatic carbocycles. The van der Waals surface area contributed by atoms with Gasteiger partial charge in [-0.3, -0.25) is 14.4 Å². The quantitative estimate of drug-likeness (QED) is 0.505.